The molecule has 0 aliphatic carbocycles. The number of aliphatic hydroxyl groups is 1. The van der Waals surface area contributed by atoms with Crippen LogP contribution in [0.15, 0.2) is 41.2 Å². The van der Waals surface area contributed by atoms with Crippen LogP contribution >= 0.6 is 11.6 Å². The molecule has 2 heterocycles. The Morgan fingerprint density at radius 1 is 1.21 bits per heavy atom. The number of benzene rings is 1. The number of halogens is 1. The first-order chi connectivity index (χ1) is 11.6. The summed E-state index contributed by atoms with van der Waals surface area (Å²) in [6.45, 7) is 2.45. The molecule has 24 heavy (non-hydrogen) atoms. The lowest BCUT2D eigenvalue weighted by molar-refractivity contribution is 0.292. The Morgan fingerprint density at radius 3 is 2.75 bits per heavy atom. The van der Waals surface area contributed by atoms with Gasteiger partial charge in [0.25, 0.3) is 0 Å². The molecule has 2 aromatic heterocycles. The third kappa shape index (κ3) is 3.11. The second-order valence-corrected chi connectivity index (χ2v) is 5.76. The number of nitrogens with one attached hydrogen (secondary N) is 1. The molecule has 3 rings (SSSR count). The number of rotatable bonds is 5. The van der Waals surface area contributed by atoms with Crippen molar-refractivity contribution >= 4 is 28.5 Å². The molecule has 0 aliphatic rings. The Kier molecular flexibility index (Phi) is 4.78. The molecule has 0 bridgehead atoms. The largest absolute Gasteiger partial charge is 0.396 e. The van der Waals surface area contributed by atoms with Crippen molar-refractivity contribution in [3.8, 4) is 5.69 Å². The van der Waals surface area contributed by atoms with Crippen LogP contribution in [0, 0.1) is 6.92 Å². The smallest absolute Gasteiger partial charge is 0.355 e. The minimum absolute atomic E-state index is 0.0684. The van der Waals surface area contributed by atoms with Gasteiger partial charge in [-0.15, -0.1) is 0 Å². The van der Waals surface area contributed by atoms with E-state index in [2.05, 4.69) is 15.3 Å². The third-order valence-electron chi connectivity index (χ3n) is 3.60. The van der Waals surface area contributed by atoms with Gasteiger partial charge in [0.15, 0.2) is 5.65 Å². The number of nitrogens with zero attached hydrogens (tertiary/aromatic N) is 3. The highest BCUT2D eigenvalue weighted by atomic mass is 35.5. The third-order valence-corrected chi connectivity index (χ3v) is 3.92. The number of hydrogen-bond donors (Lipinski definition) is 2. The standard InChI is InChI=1S/C17H17ClN4O2/c1-11-7-8-12-15(19-9-4-10-23)21-17(24)22(16(12)20-11)14-6-3-2-5-13(14)18/h2-3,5-8,23H,4,9-10H2,1H3,(H,19,21,24). The molecule has 0 radical (unpaired) electrons. The zero-order valence-electron chi connectivity index (χ0n) is 13.2. The number of hydrogen-bond acceptors (Lipinski definition) is 5. The highest BCUT2D eigenvalue weighted by molar-refractivity contribution is 6.32. The average molecular weight is 345 g/mol. The average Bonchev–Trinajstić information content (AvgIpc) is 2.56. The van der Waals surface area contributed by atoms with Crippen molar-refractivity contribution in [2.45, 2.75) is 13.3 Å². The molecule has 0 aliphatic heterocycles. The van der Waals surface area contributed by atoms with Gasteiger partial charge in [0.05, 0.1) is 16.1 Å². The van der Waals surface area contributed by atoms with Gasteiger partial charge in [-0.05, 0) is 37.6 Å². The summed E-state index contributed by atoms with van der Waals surface area (Å²) in [5.41, 5.74) is 1.37. The van der Waals surface area contributed by atoms with E-state index < -0.39 is 5.69 Å². The Bertz CT molecular complexity index is 940. The van der Waals surface area contributed by atoms with Crippen molar-refractivity contribution in [3.63, 3.8) is 0 Å². The molecule has 7 heteroatoms. The minimum atomic E-state index is -0.458. The van der Waals surface area contributed by atoms with E-state index in [4.69, 9.17) is 16.7 Å². The summed E-state index contributed by atoms with van der Waals surface area (Å²) >= 11 is 6.25. The number of anilines is 1. The molecule has 0 fully saturated rings. The van der Waals surface area contributed by atoms with E-state index >= 15 is 0 Å². The van der Waals surface area contributed by atoms with E-state index in [0.29, 0.717) is 35.1 Å². The maximum Gasteiger partial charge on any atom is 0.355 e. The predicted octanol–water partition coefficient (Wildman–Crippen LogP) is 2.54. The molecule has 0 saturated carbocycles. The van der Waals surface area contributed by atoms with Gasteiger partial charge in [0.1, 0.15) is 5.82 Å². The number of aromatic nitrogens is 3. The SMILES string of the molecule is Cc1ccc2c(NCCCO)nc(=O)n(-c3ccccc3Cl)c2n1. The van der Waals surface area contributed by atoms with Gasteiger partial charge in [-0.2, -0.15) is 4.98 Å². The highest BCUT2D eigenvalue weighted by Crippen LogP contribution is 2.24. The summed E-state index contributed by atoms with van der Waals surface area (Å²) in [6.07, 6.45) is 0.566. The summed E-state index contributed by atoms with van der Waals surface area (Å²) in [7, 11) is 0. The van der Waals surface area contributed by atoms with Crippen molar-refractivity contribution in [1.29, 1.82) is 0 Å². The topological polar surface area (TPSA) is 80.0 Å². The maximum absolute atomic E-state index is 12.6. The normalized spacial score (nSPS) is 11.0. The summed E-state index contributed by atoms with van der Waals surface area (Å²) in [5.74, 6) is 0.458. The van der Waals surface area contributed by atoms with Crippen LogP contribution in [0.3, 0.4) is 0 Å². The van der Waals surface area contributed by atoms with Gasteiger partial charge in [-0.1, -0.05) is 23.7 Å². The Hall–Kier alpha value is -2.44. The van der Waals surface area contributed by atoms with E-state index in [-0.39, 0.29) is 6.61 Å². The molecule has 0 unspecified atom stereocenters. The van der Waals surface area contributed by atoms with E-state index in [1.54, 1.807) is 18.2 Å². The zero-order valence-corrected chi connectivity index (χ0v) is 13.9. The number of aryl methyl sites for hydroxylation is 1. The monoisotopic (exact) mass is 344 g/mol. The Balaban J connectivity index is 2.26. The second-order valence-electron chi connectivity index (χ2n) is 5.36. The number of fused-ring (bicyclic) bond motifs is 1. The highest BCUT2D eigenvalue weighted by Gasteiger charge is 2.15. The van der Waals surface area contributed by atoms with Crippen LogP contribution in [-0.2, 0) is 0 Å². The van der Waals surface area contributed by atoms with Crippen LogP contribution < -0.4 is 11.0 Å². The second kappa shape index (κ2) is 6.98. The molecule has 2 N–H and O–H groups in total. The molecule has 3 aromatic rings. The summed E-state index contributed by atoms with van der Waals surface area (Å²) in [5, 5.41) is 13.2. The van der Waals surface area contributed by atoms with Gasteiger partial charge in [0, 0.05) is 18.8 Å². The summed E-state index contributed by atoms with van der Waals surface area (Å²) in [6, 6.07) is 10.8. The Labute approximate surface area is 143 Å². The van der Waals surface area contributed by atoms with Crippen molar-refractivity contribution in [2.24, 2.45) is 0 Å². The molecule has 0 saturated heterocycles. The summed E-state index contributed by atoms with van der Waals surface area (Å²) in [4.78, 5) is 21.3. The van der Waals surface area contributed by atoms with Crippen molar-refractivity contribution in [2.75, 3.05) is 18.5 Å². The fourth-order valence-corrected chi connectivity index (χ4v) is 2.69. The van der Waals surface area contributed by atoms with E-state index in [1.807, 2.05) is 25.1 Å². The minimum Gasteiger partial charge on any atom is -0.396 e. The van der Waals surface area contributed by atoms with Crippen LogP contribution in [0.5, 0.6) is 0 Å². The first-order valence-corrected chi connectivity index (χ1v) is 7.99. The number of aliphatic hydroxyl groups excluding tert-OH is 1. The first kappa shape index (κ1) is 16.4. The maximum atomic E-state index is 12.6. The van der Waals surface area contributed by atoms with Crippen LogP contribution in [0.1, 0.15) is 12.1 Å². The fourth-order valence-electron chi connectivity index (χ4n) is 2.47. The quantitative estimate of drug-likeness (QED) is 0.695. The molecule has 0 amide bonds. The summed E-state index contributed by atoms with van der Waals surface area (Å²) < 4.78 is 1.42. The molecule has 0 spiro atoms. The van der Waals surface area contributed by atoms with Gasteiger partial charge in [-0.3, -0.25) is 0 Å². The fraction of sp³-hybridized carbons (Fsp3) is 0.235. The van der Waals surface area contributed by atoms with Gasteiger partial charge < -0.3 is 10.4 Å². The number of pyridine rings is 1. The molecular weight excluding hydrogens is 328 g/mol. The molecule has 6 nitrogen and oxygen atoms in total. The zero-order chi connectivity index (χ0) is 17.1. The number of para-hydroxylation sites is 1. The lowest BCUT2D eigenvalue weighted by Crippen LogP contribution is -2.25. The van der Waals surface area contributed by atoms with Gasteiger partial charge in [0.2, 0.25) is 0 Å². The van der Waals surface area contributed by atoms with E-state index in [1.165, 1.54) is 4.57 Å². The van der Waals surface area contributed by atoms with Crippen LogP contribution in [0.4, 0.5) is 5.82 Å². The van der Waals surface area contributed by atoms with Gasteiger partial charge in [-0.25, -0.2) is 14.3 Å². The first-order valence-electron chi connectivity index (χ1n) is 7.62. The van der Waals surface area contributed by atoms with Crippen LogP contribution in [0.2, 0.25) is 5.02 Å². The van der Waals surface area contributed by atoms with E-state index in [0.717, 1.165) is 11.1 Å². The van der Waals surface area contributed by atoms with Crippen molar-refractivity contribution < 1.29 is 5.11 Å². The molecule has 1 aromatic carbocycles. The molecular formula is C17H17ClN4O2. The van der Waals surface area contributed by atoms with Crippen molar-refractivity contribution in [3.05, 3.63) is 57.6 Å². The lowest BCUT2D eigenvalue weighted by Gasteiger charge is -2.14. The predicted molar refractivity (Wildman–Crippen MR) is 95.1 cm³/mol. The van der Waals surface area contributed by atoms with Gasteiger partial charge >= 0.3 is 5.69 Å². The molecule has 0 atom stereocenters. The Morgan fingerprint density at radius 2 is 2.00 bits per heavy atom. The molecule has 124 valence electrons. The van der Waals surface area contributed by atoms with E-state index in [9.17, 15) is 4.79 Å². The van der Waals surface area contributed by atoms with Crippen LogP contribution in [0.25, 0.3) is 16.7 Å². The lowest BCUT2D eigenvalue weighted by atomic mass is 10.2. The van der Waals surface area contributed by atoms with Crippen molar-refractivity contribution in [1.82, 2.24) is 14.5 Å². The van der Waals surface area contributed by atoms with Crippen LogP contribution in [-0.4, -0.2) is 32.8 Å².